The lowest BCUT2D eigenvalue weighted by molar-refractivity contribution is 0.0969. The fourth-order valence-corrected chi connectivity index (χ4v) is 2.15. The molecule has 1 heterocycles. The predicted octanol–water partition coefficient (Wildman–Crippen LogP) is 2.42. The number of hydrogen-bond donors (Lipinski definition) is 0. The number of halogens is 1. The summed E-state index contributed by atoms with van der Waals surface area (Å²) in [7, 11) is 0. The van der Waals surface area contributed by atoms with E-state index < -0.39 is 5.82 Å². The molecule has 0 fully saturated rings. The number of carbonyl (C=O) groups excluding carboxylic acids is 1. The van der Waals surface area contributed by atoms with Crippen molar-refractivity contribution >= 4 is 16.7 Å². The Morgan fingerprint density at radius 3 is 2.57 bits per heavy atom. The van der Waals surface area contributed by atoms with Crippen molar-refractivity contribution in [1.29, 1.82) is 0 Å². The molecule has 0 N–H and O–H groups in total. The smallest absolute Gasteiger partial charge is 0.207 e. The van der Waals surface area contributed by atoms with E-state index >= 15 is 0 Å². The van der Waals surface area contributed by atoms with Crippen molar-refractivity contribution in [2.24, 2.45) is 0 Å². The summed E-state index contributed by atoms with van der Waals surface area (Å²) in [5, 5.41) is 4.51. The third-order valence-corrected chi connectivity index (χ3v) is 3.22. The van der Waals surface area contributed by atoms with E-state index in [1.807, 2.05) is 0 Å². The molecule has 0 aliphatic carbocycles. The van der Waals surface area contributed by atoms with Crippen LogP contribution in [0.4, 0.5) is 4.39 Å². The number of hydrogen-bond acceptors (Lipinski definition) is 3. The van der Waals surface area contributed by atoms with Gasteiger partial charge in [-0.1, -0.05) is 12.1 Å². The van der Waals surface area contributed by atoms with Gasteiger partial charge in [-0.05, 0) is 36.4 Å². The third-order valence-electron chi connectivity index (χ3n) is 3.22. The number of ketones is 1. The van der Waals surface area contributed by atoms with Crippen LogP contribution in [0.1, 0.15) is 10.4 Å². The summed E-state index contributed by atoms with van der Waals surface area (Å²) in [6.07, 6.45) is 1.19. The molecule has 0 saturated carbocycles. The van der Waals surface area contributed by atoms with Gasteiger partial charge in [-0.2, -0.15) is 5.10 Å². The second kappa shape index (κ2) is 5.28. The molecule has 0 atom stereocenters. The van der Waals surface area contributed by atoms with Crippen LogP contribution in [0.3, 0.4) is 0 Å². The zero-order valence-electron chi connectivity index (χ0n) is 11.0. The lowest BCUT2D eigenvalue weighted by Gasteiger charge is -2.08. The van der Waals surface area contributed by atoms with Crippen LogP contribution in [0.25, 0.3) is 10.9 Å². The Kier molecular flexibility index (Phi) is 3.31. The maximum atomic E-state index is 12.9. The number of carbonyl (C=O) groups is 1. The predicted molar refractivity (Wildman–Crippen MR) is 76.7 cm³/mol. The van der Waals surface area contributed by atoms with Crippen LogP contribution in [-0.4, -0.2) is 15.6 Å². The van der Waals surface area contributed by atoms with E-state index in [1.54, 1.807) is 24.3 Å². The van der Waals surface area contributed by atoms with Crippen molar-refractivity contribution in [2.75, 3.05) is 0 Å². The van der Waals surface area contributed by atoms with Gasteiger partial charge < -0.3 is 0 Å². The molecule has 104 valence electrons. The highest BCUT2D eigenvalue weighted by Crippen LogP contribution is 2.10. The molecule has 0 spiro atoms. The van der Waals surface area contributed by atoms with E-state index in [-0.39, 0.29) is 17.8 Å². The molecule has 4 nitrogen and oxygen atoms in total. The number of benzene rings is 2. The van der Waals surface area contributed by atoms with E-state index in [9.17, 15) is 14.0 Å². The molecule has 0 aliphatic rings. The summed E-state index contributed by atoms with van der Waals surface area (Å²) in [6, 6.07) is 12.3. The Labute approximate surface area is 119 Å². The number of Topliss-reactive ketones (excluding diaryl/α,β-unsaturated/α-hetero) is 1. The van der Waals surface area contributed by atoms with Crippen LogP contribution in [0.15, 0.2) is 59.5 Å². The summed E-state index contributed by atoms with van der Waals surface area (Å²) in [5.41, 5.74) is 0.817. The van der Waals surface area contributed by atoms with Crippen molar-refractivity contribution in [3.05, 3.63) is 76.3 Å². The highest BCUT2D eigenvalue weighted by atomic mass is 19.1. The van der Waals surface area contributed by atoms with Crippen LogP contribution < -0.4 is 5.43 Å². The zero-order valence-corrected chi connectivity index (χ0v) is 11.0. The first-order valence-electron chi connectivity index (χ1n) is 6.39. The first kappa shape index (κ1) is 13.2. The Morgan fingerprint density at radius 1 is 1.10 bits per heavy atom. The Balaban J connectivity index is 1.99. The Morgan fingerprint density at radius 2 is 1.81 bits per heavy atom. The molecule has 3 aromatic rings. The molecular weight excluding hydrogens is 271 g/mol. The fourth-order valence-electron chi connectivity index (χ4n) is 2.15. The summed E-state index contributed by atoms with van der Waals surface area (Å²) in [6.45, 7) is -0.00751. The molecule has 3 rings (SSSR count). The van der Waals surface area contributed by atoms with Gasteiger partial charge in [0, 0.05) is 10.9 Å². The van der Waals surface area contributed by atoms with Crippen LogP contribution in [0.5, 0.6) is 0 Å². The third kappa shape index (κ3) is 2.58. The molecule has 2 aromatic carbocycles. The molecule has 0 bridgehead atoms. The average molecular weight is 282 g/mol. The molecule has 0 amide bonds. The van der Waals surface area contributed by atoms with Gasteiger partial charge in [0.05, 0.1) is 11.7 Å². The SMILES string of the molecule is O=C(Cn1ncc(=O)c2ccccc21)c1ccc(F)cc1. The van der Waals surface area contributed by atoms with E-state index in [4.69, 9.17) is 0 Å². The minimum absolute atomic E-state index is 0.00751. The van der Waals surface area contributed by atoms with Crippen molar-refractivity contribution in [1.82, 2.24) is 9.78 Å². The number of para-hydroxylation sites is 1. The molecule has 0 aliphatic heterocycles. The minimum Gasteiger partial charge on any atom is -0.292 e. The normalized spacial score (nSPS) is 10.7. The van der Waals surface area contributed by atoms with E-state index in [0.29, 0.717) is 16.5 Å². The quantitative estimate of drug-likeness (QED) is 0.693. The van der Waals surface area contributed by atoms with Gasteiger partial charge in [0.1, 0.15) is 12.4 Å². The number of aromatic nitrogens is 2. The maximum absolute atomic E-state index is 12.9. The topological polar surface area (TPSA) is 52.0 Å². The lowest BCUT2D eigenvalue weighted by atomic mass is 10.1. The van der Waals surface area contributed by atoms with Gasteiger partial charge in [0.15, 0.2) is 5.78 Å². The van der Waals surface area contributed by atoms with Gasteiger partial charge in [-0.25, -0.2) is 4.39 Å². The number of fused-ring (bicyclic) bond motifs is 1. The second-order valence-corrected chi connectivity index (χ2v) is 4.61. The minimum atomic E-state index is -0.390. The largest absolute Gasteiger partial charge is 0.292 e. The van der Waals surface area contributed by atoms with Gasteiger partial charge in [-0.3, -0.25) is 14.3 Å². The van der Waals surface area contributed by atoms with E-state index in [1.165, 1.54) is 35.1 Å². The van der Waals surface area contributed by atoms with E-state index in [2.05, 4.69) is 5.10 Å². The molecule has 0 radical (unpaired) electrons. The molecule has 1 aromatic heterocycles. The molecule has 0 unspecified atom stereocenters. The van der Waals surface area contributed by atoms with E-state index in [0.717, 1.165) is 0 Å². The molecular formula is C16H11FN2O2. The van der Waals surface area contributed by atoms with Crippen LogP contribution in [0, 0.1) is 5.82 Å². The highest BCUT2D eigenvalue weighted by Gasteiger charge is 2.10. The standard InChI is InChI=1S/C16H11FN2O2/c17-12-7-5-11(6-8-12)16(21)10-19-14-4-2-1-3-13(14)15(20)9-18-19/h1-9H,10H2. The summed E-state index contributed by atoms with van der Waals surface area (Å²) < 4.78 is 14.3. The average Bonchev–Trinajstić information content (AvgIpc) is 2.51. The molecule has 5 heteroatoms. The molecule has 0 saturated heterocycles. The van der Waals surface area contributed by atoms with Crippen molar-refractivity contribution in [3.8, 4) is 0 Å². The monoisotopic (exact) mass is 282 g/mol. The van der Waals surface area contributed by atoms with Gasteiger partial charge in [0.2, 0.25) is 5.43 Å². The Hall–Kier alpha value is -2.82. The Bertz CT molecular complexity index is 869. The van der Waals surface area contributed by atoms with Gasteiger partial charge in [0.25, 0.3) is 0 Å². The number of rotatable bonds is 3. The summed E-state index contributed by atoms with van der Waals surface area (Å²) in [4.78, 5) is 23.9. The first-order valence-corrected chi connectivity index (χ1v) is 6.39. The summed E-state index contributed by atoms with van der Waals surface area (Å²) >= 11 is 0. The maximum Gasteiger partial charge on any atom is 0.207 e. The highest BCUT2D eigenvalue weighted by molar-refractivity contribution is 5.96. The van der Waals surface area contributed by atoms with Gasteiger partial charge >= 0.3 is 0 Å². The van der Waals surface area contributed by atoms with Crippen molar-refractivity contribution in [3.63, 3.8) is 0 Å². The lowest BCUT2D eigenvalue weighted by Crippen LogP contribution is -2.17. The number of nitrogens with zero attached hydrogens (tertiary/aromatic N) is 2. The van der Waals surface area contributed by atoms with Crippen LogP contribution in [0.2, 0.25) is 0 Å². The fraction of sp³-hybridized carbons (Fsp3) is 0.0625. The molecule has 21 heavy (non-hydrogen) atoms. The van der Waals surface area contributed by atoms with Gasteiger partial charge in [-0.15, -0.1) is 0 Å². The second-order valence-electron chi connectivity index (χ2n) is 4.61. The first-order chi connectivity index (χ1) is 10.1. The zero-order chi connectivity index (χ0) is 14.8. The van der Waals surface area contributed by atoms with Crippen LogP contribution >= 0.6 is 0 Å². The summed E-state index contributed by atoms with van der Waals surface area (Å²) in [5.74, 6) is -0.588. The van der Waals surface area contributed by atoms with Crippen LogP contribution in [-0.2, 0) is 6.54 Å². The van der Waals surface area contributed by atoms with Crippen molar-refractivity contribution in [2.45, 2.75) is 6.54 Å². The van der Waals surface area contributed by atoms with Crippen molar-refractivity contribution < 1.29 is 9.18 Å².